The van der Waals surface area contributed by atoms with E-state index in [2.05, 4.69) is 10.6 Å². The van der Waals surface area contributed by atoms with Gasteiger partial charge in [-0.05, 0) is 61.3 Å². The zero-order chi connectivity index (χ0) is 38.2. The van der Waals surface area contributed by atoms with E-state index in [-0.39, 0.29) is 37.9 Å². The van der Waals surface area contributed by atoms with E-state index in [0.29, 0.717) is 85.0 Å². The summed E-state index contributed by atoms with van der Waals surface area (Å²) in [6, 6.07) is 22.7. The Labute approximate surface area is 322 Å². The van der Waals surface area contributed by atoms with Crippen LogP contribution in [0.1, 0.15) is 25.7 Å². The molecule has 0 fully saturated rings. The first-order valence-electron chi connectivity index (χ1n) is 17.7. The molecule has 4 aromatic rings. The maximum atomic E-state index is 12.8. The van der Waals surface area contributed by atoms with E-state index in [1.54, 1.807) is 9.80 Å². The number of ether oxygens (including phenoxy) is 2. The number of fused-ring (bicyclic) bond motifs is 2. The van der Waals surface area contributed by atoms with Gasteiger partial charge >= 0.3 is 11.9 Å². The average molecular weight is 776 g/mol. The number of rotatable bonds is 17. The third-order valence-electron chi connectivity index (χ3n) is 9.22. The van der Waals surface area contributed by atoms with Gasteiger partial charge in [-0.3, -0.25) is 19.2 Å². The molecule has 0 aromatic heterocycles. The van der Waals surface area contributed by atoms with Gasteiger partial charge in [0.2, 0.25) is 0 Å². The van der Waals surface area contributed by atoms with Crippen molar-refractivity contribution in [1.82, 2.24) is 10.6 Å². The van der Waals surface area contributed by atoms with Crippen molar-refractivity contribution in [3.8, 4) is 44.9 Å². The molecule has 6 rings (SSSR count). The molecule has 4 N–H and O–H groups in total. The number of benzene rings is 4. The van der Waals surface area contributed by atoms with Gasteiger partial charge < -0.3 is 40.1 Å². The first-order chi connectivity index (χ1) is 26.1. The lowest BCUT2D eigenvalue weighted by molar-refractivity contribution is -0.137. The van der Waals surface area contributed by atoms with Gasteiger partial charge in [0.05, 0.1) is 34.3 Å². The number of carbonyl (C=O) groups is 4. The number of carboxylic acids is 2. The molecule has 2 heterocycles. The van der Waals surface area contributed by atoms with Gasteiger partial charge in [0.1, 0.15) is 11.5 Å². The Morgan fingerprint density at radius 3 is 1.43 bits per heavy atom. The van der Waals surface area contributed by atoms with Gasteiger partial charge in [0.15, 0.2) is 13.2 Å². The largest absolute Gasteiger partial charge is 0.482 e. The molecule has 0 saturated carbocycles. The molecule has 12 nitrogen and oxygen atoms in total. The summed E-state index contributed by atoms with van der Waals surface area (Å²) in [4.78, 5) is 50.4. The Balaban J connectivity index is 1.19. The number of amides is 2. The smallest absolute Gasteiger partial charge is 0.304 e. The van der Waals surface area contributed by atoms with Crippen LogP contribution in [-0.2, 0) is 19.2 Å². The van der Waals surface area contributed by atoms with E-state index in [1.807, 2.05) is 72.8 Å². The molecular weight excluding hydrogens is 735 g/mol. The Kier molecular flexibility index (Phi) is 12.7. The Hall–Kier alpha value is -5.14. The van der Waals surface area contributed by atoms with Crippen LogP contribution in [0.25, 0.3) is 33.4 Å². The highest BCUT2D eigenvalue weighted by Crippen LogP contribution is 2.45. The summed E-state index contributed by atoms with van der Waals surface area (Å²) in [6.45, 7) is 2.64. The maximum Gasteiger partial charge on any atom is 0.304 e. The summed E-state index contributed by atoms with van der Waals surface area (Å²) < 4.78 is 11.7. The SMILES string of the molecule is O=C(O)CCNCCCN1C(=O)COc2cc(-c3cccc(-c4cccc(-c5ccc6c(c5)OCC(=O)N6CCCNCCC(=O)O)c4Cl)c3Cl)ccc21. The number of carboxylic acid groups (broad SMARTS) is 2. The molecule has 2 aliphatic rings. The van der Waals surface area contributed by atoms with Gasteiger partial charge in [0, 0.05) is 48.4 Å². The zero-order valence-electron chi connectivity index (χ0n) is 29.4. The van der Waals surface area contributed by atoms with Gasteiger partial charge in [-0.1, -0.05) is 71.7 Å². The van der Waals surface area contributed by atoms with Crippen LogP contribution < -0.4 is 29.9 Å². The lowest BCUT2D eigenvalue weighted by Crippen LogP contribution is -2.40. The number of carbonyl (C=O) groups excluding carboxylic acids is 2. The highest BCUT2D eigenvalue weighted by atomic mass is 35.5. The summed E-state index contributed by atoms with van der Waals surface area (Å²) in [5.41, 5.74) is 5.92. The van der Waals surface area contributed by atoms with Gasteiger partial charge in [-0.15, -0.1) is 0 Å². The molecule has 0 unspecified atom stereocenters. The molecule has 0 aliphatic carbocycles. The van der Waals surface area contributed by atoms with Gasteiger partial charge in [-0.2, -0.15) is 0 Å². The summed E-state index contributed by atoms with van der Waals surface area (Å²) in [5, 5.41) is 24.8. The second kappa shape index (κ2) is 17.8. The van der Waals surface area contributed by atoms with Crippen LogP contribution in [0, 0.1) is 0 Å². The number of aliphatic carboxylic acids is 2. The highest BCUT2D eigenvalue weighted by molar-refractivity contribution is 6.39. The maximum absolute atomic E-state index is 12.8. The second-order valence-corrected chi connectivity index (χ2v) is 13.6. The van der Waals surface area contributed by atoms with Crippen molar-refractivity contribution in [1.29, 1.82) is 0 Å². The van der Waals surface area contributed by atoms with Crippen LogP contribution >= 0.6 is 23.2 Å². The molecule has 0 saturated heterocycles. The molecule has 0 atom stereocenters. The minimum Gasteiger partial charge on any atom is -0.482 e. The normalized spacial score (nSPS) is 13.6. The van der Waals surface area contributed by atoms with Crippen LogP contribution in [0.15, 0.2) is 72.8 Å². The lowest BCUT2D eigenvalue weighted by atomic mass is 9.95. The second-order valence-electron chi connectivity index (χ2n) is 12.9. The highest BCUT2D eigenvalue weighted by Gasteiger charge is 2.28. The zero-order valence-corrected chi connectivity index (χ0v) is 30.9. The Morgan fingerprint density at radius 2 is 1.02 bits per heavy atom. The Morgan fingerprint density at radius 1 is 0.611 bits per heavy atom. The predicted octanol–water partition coefficient (Wildman–Crippen LogP) is 6.35. The van der Waals surface area contributed by atoms with Crippen LogP contribution in [0.3, 0.4) is 0 Å². The van der Waals surface area contributed by atoms with Crippen LogP contribution in [0.5, 0.6) is 11.5 Å². The molecule has 2 aliphatic heterocycles. The minimum atomic E-state index is -0.859. The summed E-state index contributed by atoms with van der Waals surface area (Å²) in [6.07, 6.45) is 1.37. The van der Waals surface area contributed by atoms with Crippen LogP contribution in [0.4, 0.5) is 11.4 Å². The van der Waals surface area contributed by atoms with Gasteiger partial charge in [0.25, 0.3) is 11.8 Å². The van der Waals surface area contributed by atoms with E-state index in [1.165, 1.54) is 0 Å². The van der Waals surface area contributed by atoms with E-state index >= 15 is 0 Å². The number of nitrogens with zero attached hydrogens (tertiary/aromatic N) is 2. The molecule has 0 bridgehead atoms. The molecule has 4 aromatic carbocycles. The van der Waals surface area contributed by atoms with E-state index < -0.39 is 11.9 Å². The number of nitrogens with one attached hydrogen (secondary N) is 2. The third kappa shape index (κ3) is 8.96. The van der Waals surface area contributed by atoms with Crippen LogP contribution in [-0.4, -0.2) is 86.4 Å². The molecule has 0 spiro atoms. The van der Waals surface area contributed by atoms with E-state index in [9.17, 15) is 19.2 Å². The fourth-order valence-electron chi connectivity index (χ4n) is 6.53. The summed E-state index contributed by atoms with van der Waals surface area (Å²) in [7, 11) is 0. The standard InChI is InChI=1S/C40H40Cl2N4O8/c41-39-27(25-9-11-31-33(21-25)53-23-35(47)45(31)19-3-15-43-17-13-37(49)50)5-1-7-29(39)30-8-2-6-28(40(30)42)26-10-12-32-34(22-26)54-24-36(48)46(32)20-4-16-44-18-14-38(51)52/h1-2,5-12,21-22,43-44H,3-4,13-20,23-24H2,(H,49,50)(H,51,52). The minimum absolute atomic E-state index is 0.0394. The molecule has 0 radical (unpaired) electrons. The van der Waals surface area contributed by atoms with Crippen molar-refractivity contribution < 1.29 is 38.9 Å². The number of halogens is 2. The number of hydrogen-bond donors (Lipinski definition) is 4. The quantitative estimate of drug-likeness (QED) is 0.0891. The van der Waals surface area contributed by atoms with Crippen molar-refractivity contribution >= 4 is 58.3 Å². The Bertz CT molecular complexity index is 1910. The number of hydrogen-bond acceptors (Lipinski definition) is 8. The number of anilines is 2. The molecular formula is C40H40Cl2N4O8. The van der Waals surface area contributed by atoms with Crippen molar-refractivity contribution in [2.45, 2.75) is 25.7 Å². The summed E-state index contributed by atoms with van der Waals surface area (Å²) in [5.74, 6) is -0.884. The topological polar surface area (TPSA) is 158 Å². The van der Waals surface area contributed by atoms with Crippen molar-refractivity contribution in [3.63, 3.8) is 0 Å². The van der Waals surface area contributed by atoms with Crippen LogP contribution in [0.2, 0.25) is 10.0 Å². The van der Waals surface area contributed by atoms with E-state index in [0.717, 1.165) is 33.4 Å². The van der Waals surface area contributed by atoms with Gasteiger partial charge in [-0.25, -0.2) is 0 Å². The first kappa shape index (κ1) is 38.6. The van der Waals surface area contributed by atoms with Crippen molar-refractivity contribution in [2.24, 2.45) is 0 Å². The van der Waals surface area contributed by atoms with Crippen molar-refractivity contribution in [3.05, 3.63) is 82.8 Å². The van der Waals surface area contributed by atoms with E-state index in [4.69, 9.17) is 42.9 Å². The summed E-state index contributed by atoms with van der Waals surface area (Å²) >= 11 is 14.3. The fraction of sp³-hybridized carbons (Fsp3) is 0.300. The molecule has 14 heteroatoms. The fourth-order valence-corrected chi connectivity index (χ4v) is 7.20. The predicted molar refractivity (Wildman–Crippen MR) is 208 cm³/mol. The van der Waals surface area contributed by atoms with Crippen molar-refractivity contribution in [2.75, 3.05) is 62.3 Å². The molecule has 54 heavy (non-hydrogen) atoms. The first-order valence-corrected chi connectivity index (χ1v) is 18.5. The molecule has 2 amide bonds. The average Bonchev–Trinajstić information content (AvgIpc) is 3.15. The third-order valence-corrected chi connectivity index (χ3v) is 10.0. The molecule has 282 valence electrons. The monoisotopic (exact) mass is 774 g/mol. The lowest BCUT2D eigenvalue weighted by Gasteiger charge is -2.30.